The van der Waals surface area contributed by atoms with Crippen LogP contribution in [0, 0.1) is 0 Å². The van der Waals surface area contributed by atoms with Gasteiger partial charge in [0, 0.05) is 43.8 Å². The van der Waals surface area contributed by atoms with Crippen molar-refractivity contribution in [3.63, 3.8) is 0 Å². The number of benzene rings is 2. The lowest BCUT2D eigenvalue weighted by Crippen LogP contribution is -2.25. The second kappa shape index (κ2) is 8.85. The van der Waals surface area contributed by atoms with E-state index in [-0.39, 0.29) is 5.91 Å². The lowest BCUT2D eigenvalue weighted by molar-refractivity contribution is 0.0954. The summed E-state index contributed by atoms with van der Waals surface area (Å²) >= 11 is 0. The molecule has 5 heteroatoms. The number of nitrogens with one attached hydrogen (secondary N) is 2. The fourth-order valence-electron chi connectivity index (χ4n) is 2.70. The topological polar surface area (TPSA) is 57.3 Å². The van der Waals surface area contributed by atoms with E-state index in [1.54, 1.807) is 18.3 Å². The third-order valence-corrected chi connectivity index (χ3v) is 4.22. The fourth-order valence-corrected chi connectivity index (χ4v) is 2.70. The molecule has 0 saturated heterocycles. The molecule has 0 saturated carbocycles. The number of pyridine rings is 1. The van der Waals surface area contributed by atoms with E-state index in [0.717, 1.165) is 17.8 Å². The average molecular weight is 360 g/mol. The van der Waals surface area contributed by atoms with Crippen LogP contribution in [-0.2, 0) is 6.42 Å². The second-order valence-corrected chi connectivity index (χ2v) is 6.49. The zero-order valence-corrected chi connectivity index (χ0v) is 15.6. The van der Waals surface area contributed by atoms with E-state index < -0.39 is 0 Å². The first-order valence-corrected chi connectivity index (χ1v) is 8.94. The molecule has 2 aromatic carbocycles. The quantitative estimate of drug-likeness (QED) is 0.672. The van der Waals surface area contributed by atoms with E-state index in [1.807, 2.05) is 61.5 Å². The van der Waals surface area contributed by atoms with Gasteiger partial charge in [-0.3, -0.25) is 4.79 Å². The number of carbonyl (C=O) groups excluding carboxylic acids is 1. The van der Waals surface area contributed by atoms with Gasteiger partial charge in [-0.15, -0.1) is 0 Å². The SMILES string of the molecule is CN(C)c1ccc(Nc2cc(C(=O)NCCc3ccccc3)ccn2)cc1. The van der Waals surface area contributed by atoms with Crippen LogP contribution in [-0.4, -0.2) is 31.5 Å². The highest BCUT2D eigenvalue weighted by Crippen LogP contribution is 2.19. The van der Waals surface area contributed by atoms with E-state index >= 15 is 0 Å². The minimum Gasteiger partial charge on any atom is -0.378 e. The zero-order valence-electron chi connectivity index (χ0n) is 15.6. The lowest BCUT2D eigenvalue weighted by atomic mass is 10.1. The zero-order chi connectivity index (χ0) is 19.1. The number of hydrogen-bond acceptors (Lipinski definition) is 4. The van der Waals surface area contributed by atoms with Crippen LogP contribution < -0.4 is 15.5 Å². The first-order valence-electron chi connectivity index (χ1n) is 8.94. The summed E-state index contributed by atoms with van der Waals surface area (Å²) in [6.45, 7) is 0.597. The summed E-state index contributed by atoms with van der Waals surface area (Å²) in [5.41, 5.74) is 3.84. The molecule has 1 aromatic heterocycles. The van der Waals surface area contributed by atoms with E-state index in [0.29, 0.717) is 17.9 Å². The van der Waals surface area contributed by atoms with Crippen molar-refractivity contribution >= 4 is 23.1 Å². The Labute approximate surface area is 160 Å². The normalized spacial score (nSPS) is 10.3. The van der Waals surface area contributed by atoms with Crippen molar-refractivity contribution in [2.45, 2.75) is 6.42 Å². The Morgan fingerprint density at radius 1 is 1.00 bits per heavy atom. The highest BCUT2D eigenvalue weighted by atomic mass is 16.1. The van der Waals surface area contributed by atoms with Crippen LogP contribution >= 0.6 is 0 Å². The highest BCUT2D eigenvalue weighted by molar-refractivity contribution is 5.94. The molecule has 138 valence electrons. The Morgan fingerprint density at radius 3 is 2.44 bits per heavy atom. The van der Waals surface area contributed by atoms with Crippen molar-refractivity contribution in [1.82, 2.24) is 10.3 Å². The number of rotatable bonds is 7. The van der Waals surface area contributed by atoms with Crippen LogP contribution in [0.3, 0.4) is 0 Å². The molecular weight excluding hydrogens is 336 g/mol. The van der Waals surface area contributed by atoms with E-state index in [4.69, 9.17) is 0 Å². The lowest BCUT2D eigenvalue weighted by Gasteiger charge is -2.13. The van der Waals surface area contributed by atoms with Gasteiger partial charge in [-0.25, -0.2) is 4.98 Å². The summed E-state index contributed by atoms with van der Waals surface area (Å²) in [6, 6.07) is 21.6. The third-order valence-electron chi connectivity index (χ3n) is 4.22. The summed E-state index contributed by atoms with van der Waals surface area (Å²) in [5, 5.41) is 6.20. The van der Waals surface area contributed by atoms with Crippen LogP contribution in [0.4, 0.5) is 17.2 Å². The van der Waals surface area contributed by atoms with Crippen LogP contribution in [0.15, 0.2) is 72.9 Å². The molecule has 0 atom stereocenters. The molecule has 0 radical (unpaired) electrons. The van der Waals surface area contributed by atoms with Gasteiger partial charge < -0.3 is 15.5 Å². The van der Waals surface area contributed by atoms with Crippen molar-refractivity contribution in [3.05, 3.63) is 84.1 Å². The third kappa shape index (κ3) is 5.31. The standard InChI is InChI=1S/C22H24N4O/c1-26(2)20-10-8-19(9-11-20)25-21-16-18(13-15-23-21)22(27)24-14-12-17-6-4-3-5-7-17/h3-11,13,15-16H,12,14H2,1-2H3,(H,23,25)(H,24,27). The number of aromatic nitrogens is 1. The highest BCUT2D eigenvalue weighted by Gasteiger charge is 2.07. The smallest absolute Gasteiger partial charge is 0.251 e. The van der Waals surface area contributed by atoms with E-state index in [9.17, 15) is 4.79 Å². The fraction of sp³-hybridized carbons (Fsp3) is 0.182. The van der Waals surface area contributed by atoms with Gasteiger partial charge in [0.1, 0.15) is 5.82 Å². The van der Waals surface area contributed by atoms with Gasteiger partial charge in [-0.1, -0.05) is 30.3 Å². The molecule has 0 unspecified atom stereocenters. The Bertz CT molecular complexity index is 876. The van der Waals surface area contributed by atoms with Gasteiger partial charge in [0.25, 0.3) is 5.91 Å². The van der Waals surface area contributed by atoms with Gasteiger partial charge in [0.05, 0.1) is 0 Å². The van der Waals surface area contributed by atoms with Crippen molar-refractivity contribution in [2.24, 2.45) is 0 Å². The molecule has 0 spiro atoms. The van der Waals surface area contributed by atoms with Gasteiger partial charge in [0.15, 0.2) is 0 Å². The Morgan fingerprint density at radius 2 is 1.74 bits per heavy atom. The molecule has 1 amide bonds. The average Bonchev–Trinajstić information content (AvgIpc) is 2.69. The predicted octanol–water partition coefficient (Wildman–Crippen LogP) is 3.86. The molecule has 1 heterocycles. The molecule has 0 aliphatic heterocycles. The van der Waals surface area contributed by atoms with Crippen molar-refractivity contribution in [1.29, 1.82) is 0 Å². The summed E-state index contributed by atoms with van der Waals surface area (Å²) in [6.07, 6.45) is 2.45. The molecule has 0 aliphatic carbocycles. The number of amides is 1. The maximum absolute atomic E-state index is 12.4. The van der Waals surface area contributed by atoms with Crippen molar-refractivity contribution in [3.8, 4) is 0 Å². The second-order valence-electron chi connectivity index (χ2n) is 6.49. The van der Waals surface area contributed by atoms with E-state index in [2.05, 4.69) is 27.8 Å². The summed E-state index contributed by atoms with van der Waals surface area (Å²) in [5.74, 6) is 0.544. The first kappa shape index (κ1) is 18.5. The minimum absolute atomic E-state index is 0.0978. The largest absolute Gasteiger partial charge is 0.378 e. The number of carbonyl (C=O) groups is 1. The molecule has 3 rings (SSSR count). The Balaban J connectivity index is 1.58. The van der Waals surface area contributed by atoms with Gasteiger partial charge in [-0.2, -0.15) is 0 Å². The van der Waals surface area contributed by atoms with Crippen LogP contribution in [0.1, 0.15) is 15.9 Å². The monoisotopic (exact) mass is 360 g/mol. The van der Waals surface area contributed by atoms with Crippen molar-refractivity contribution in [2.75, 3.05) is 30.9 Å². The molecule has 0 fully saturated rings. The number of nitrogens with zero attached hydrogens (tertiary/aromatic N) is 2. The van der Waals surface area contributed by atoms with E-state index in [1.165, 1.54) is 5.56 Å². The summed E-state index contributed by atoms with van der Waals surface area (Å²) in [7, 11) is 4.01. The van der Waals surface area contributed by atoms with Crippen LogP contribution in [0.25, 0.3) is 0 Å². The van der Waals surface area contributed by atoms with Crippen LogP contribution in [0.5, 0.6) is 0 Å². The Hall–Kier alpha value is -3.34. The maximum Gasteiger partial charge on any atom is 0.251 e. The molecule has 3 aromatic rings. The maximum atomic E-state index is 12.4. The molecule has 27 heavy (non-hydrogen) atoms. The Kier molecular flexibility index (Phi) is 6.05. The summed E-state index contributed by atoms with van der Waals surface area (Å²) in [4.78, 5) is 18.7. The molecule has 2 N–H and O–H groups in total. The van der Waals surface area contributed by atoms with Crippen LogP contribution in [0.2, 0.25) is 0 Å². The van der Waals surface area contributed by atoms with Gasteiger partial charge >= 0.3 is 0 Å². The molecule has 0 aliphatic rings. The van der Waals surface area contributed by atoms with Gasteiger partial charge in [0.2, 0.25) is 0 Å². The molecule has 5 nitrogen and oxygen atoms in total. The minimum atomic E-state index is -0.0978. The number of anilines is 3. The molecular formula is C22H24N4O. The first-order chi connectivity index (χ1) is 13.1. The number of hydrogen-bond donors (Lipinski definition) is 2. The predicted molar refractivity (Wildman–Crippen MR) is 111 cm³/mol. The van der Waals surface area contributed by atoms with Gasteiger partial charge in [-0.05, 0) is 48.4 Å². The van der Waals surface area contributed by atoms with Crippen molar-refractivity contribution < 1.29 is 4.79 Å². The summed E-state index contributed by atoms with van der Waals surface area (Å²) < 4.78 is 0. The molecule has 0 bridgehead atoms.